The van der Waals surface area contributed by atoms with Crippen molar-refractivity contribution in [3.05, 3.63) is 35.5 Å². The predicted octanol–water partition coefficient (Wildman–Crippen LogP) is 2.86. The molecule has 0 saturated carbocycles. The zero-order valence-corrected chi connectivity index (χ0v) is 9.37. The third-order valence-electron chi connectivity index (χ3n) is 4.14. The van der Waals surface area contributed by atoms with E-state index in [1.807, 2.05) is 0 Å². The second kappa shape index (κ2) is 3.11. The molecule has 2 aromatic rings. The minimum absolute atomic E-state index is 0.755. The van der Waals surface area contributed by atoms with Crippen molar-refractivity contribution in [2.24, 2.45) is 0 Å². The molecule has 1 aromatic heterocycles. The molecule has 2 aliphatic heterocycles. The maximum atomic E-state index is 3.64. The number of hydrogen-bond acceptors (Lipinski definition) is 1. The molecule has 2 bridgehead atoms. The minimum atomic E-state index is 0.755. The van der Waals surface area contributed by atoms with E-state index in [4.69, 9.17) is 0 Å². The Bertz CT molecular complexity index is 541. The van der Waals surface area contributed by atoms with Crippen LogP contribution in [-0.4, -0.2) is 23.0 Å². The van der Waals surface area contributed by atoms with Gasteiger partial charge in [0, 0.05) is 35.6 Å². The van der Waals surface area contributed by atoms with E-state index in [0.29, 0.717) is 0 Å². The van der Waals surface area contributed by atoms with Gasteiger partial charge in [-0.25, -0.2) is 0 Å². The Hall–Kier alpha value is -1.28. The summed E-state index contributed by atoms with van der Waals surface area (Å²) in [7, 11) is 0. The average molecular weight is 212 g/mol. The van der Waals surface area contributed by atoms with Gasteiger partial charge in [0.15, 0.2) is 0 Å². The van der Waals surface area contributed by atoms with Gasteiger partial charge in [0.2, 0.25) is 0 Å². The lowest BCUT2D eigenvalue weighted by atomic mass is 9.88. The number of nitrogens with zero attached hydrogens (tertiary/aromatic N) is 1. The molecular weight excluding hydrogens is 196 g/mol. The van der Waals surface area contributed by atoms with E-state index in [0.717, 1.165) is 12.5 Å². The summed E-state index contributed by atoms with van der Waals surface area (Å²) in [5, 5.41) is 1.44. The van der Waals surface area contributed by atoms with Crippen LogP contribution in [0, 0.1) is 0 Å². The Morgan fingerprint density at radius 1 is 1.25 bits per heavy atom. The lowest BCUT2D eigenvalue weighted by molar-refractivity contribution is 0.181. The fourth-order valence-corrected chi connectivity index (χ4v) is 3.40. The van der Waals surface area contributed by atoms with Crippen molar-refractivity contribution < 1.29 is 0 Å². The van der Waals surface area contributed by atoms with E-state index in [2.05, 4.69) is 34.1 Å². The van der Waals surface area contributed by atoms with E-state index >= 15 is 0 Å². The Morgan fingerprint density at radius 2 is 2.19 bits per heavy atom. The maximum absolute atomic E-state index is 3.64. The first-order chi connectivity index (χ1) is 7.92. The summed E-state index contributed by atoms with van der Waals surface area (Å²) in [5.74, 6) is 0.755. The van der Waals surface area contributed by atoms with E-state index in [1.54, 1.807) is 5.56 Å². The number of aromatic amines is 1. The van der Waals surface area contributed by atoms with Crippen LogP contribution in [0.25, 0.3) is 10.9 Å². The highest BCUT2D eigenvalue weighted by Crippen LogP contribution is 2.38. The van der Waals surface area contributed by atoms with Gasteiger partial charge in [0.25, 0.3) is 0 Å². The van der Waals surface area contributed by atoms with E-state index in [1.165, 1.54) is 42.5 Å². The Balaban J connectivity index is 1.97. The van der Waals surface area contributed by atoms with Gasteiger partial charge in [-0.2, -0.15) is 0 Å². The van der Waals surface area contributed by atoms with Crippen molar-refractivity contribution in [1.29, 1.82) is 0 Å². The third-order valence-corrected chi connectivity index (χ3v) is 4.14. The van der Waals surface area contributed by atoms with Crippen LogP contribution < -0.4 is 0 Å². The van der Waals surface area contributed by atoms with Crippen LogP contribution in [0.4, 0.5) is 0 Å². The zero-order chi connectivity index (χ0) is 10.5. The first-order valence-electron chi connectivity index (χ1n) is 6.23. The lowest BCUT2D eigenvalue weighted by Crippen LogP contribution is -2.38. The number of rotatable bonds is 0. The summed E-state index contributed by atoms with van der Waals surface area (Å²) in [4.78, 5) is 6.25. The van der Waals surface area contributed by atoms with Crippen molar-refractivity contribution in [3.8, 4) is 0 Å². The Kier molecular flexibility index (Phi) is 1.71. The molecule has 0 radical (unpaired) electrons. The largest absolute Gasteiger partial charge is 0.358 e. The van der Waals surface area contributed by atoms with Gasteiger partial charge in [-0.05, 0) is 31.0 Å². The topological polar surface area (TPSA) is 19.0 Å². The van der Waals surface area contributed by atoms with Crippen molar-refractivity contribution in [2.45, 2.75) is 25.3 Å². The molecule has 1 aromatic carbocycles. The molecule has 2 nitrogen and oxygen atoms in total. The molecule has 82 valence electrons. The van der Waals surface area contributed by atoms with Gasteiger partial charge < -0.3 is 4.98 Å². The predicted molar refractivity (Wildman–Crippen MR) is 65.6 cm³/mol. The minimum Gasteiger partial charge on any atom is -0.358 e. The van der Waals surface area contributed by atoms with Crippen LogP contribution in [0.1, 0.15) is 30.0 Å². The van der Waals surface area contributed by atoms with Crippen molar-refractivity contribution in [2.75, 3.05) is 13.1 Å². The van der Waals surface area contributed by atoms with Crippen LogP contribution >= 0.6 is 0 Å². The molecule has 0 amide bonds. The monoisotopic (exact) mass is 212 g/mol. The molecule has 1 saturated heterocycles. The number of benzene rings is 1. The van der Waals surface area contributed by atoms with Crippen LogP contribution in [-0.2, 0) is 6.54 Å². The van der Waals surface area contributed by atoms with E-state index in [-0.39, 0.29) is 0 Å². The molecule has 3 heterocycles. The molecule has 0 aliphatic carbocycles. The van der Waals surface area contributed by atoms with Crippen molar-refractivity contribution in [3.63, 3.8) is 0 Å². The number of aromatic nitrogens is 1. The SMILES string of the molecule is c1ccc2c3c([nH]c2c1)C1CCCN(C3)C1. The third kappa shape index (κ3) is 1.11. The first-order valence-corrected chi connectivity index (χ1v) is 6.23. The number of hydrogen-bond donors (Lipinski definition) is 1. The summed E-state index contributed by atoms with van der Waals surface area (Å²) in [6, 6.07) is 8.73. The highest BCUT2D eigenvalue weighted by molar-refractivity contribution is 5.85. The molecule has 2 unspecified atom stereocenters. The zero-order valence-electron chi connectivity index (χ0n) is 9.37. The molecular formula is C14H16N2. The van der Waals surface area contributed by atoms with Gasteiger partial charge in [-0.15, -0.1) is 0 Å². The van der Waals surface area contributed by atoms with Crippen molar-refractivity contribution >= 4 is 10.9 Å². The quantitative estimate of drug-likeness (QED) is 0.711. The molecule has 2 aliphatic rings. The number of nitrogens with one attached hydrogen (secondary N) is 1. The van der Waals surface area contributed by atoms with E-state index < -0.39 is 0 Å². The Labute approximate surface area is 95.3 Å². The van der Waals surface area contributed by atoms with Gasteiger partial charge in [0.1, 0.15) is 0 Å². The summed E-state index contributed by atoms with van der Waals surface area (Å²) in [6.07, 6.45) is 2.72. The lowest BCUT2D eigenvalue weighted by Gasteiger charge is -2.37. The highest BCUT2D eigenvalue weighted by atomic mass is 15.1. The molecule has 2 heteroatoms. The fraction of sp³-hybridized carbons (Fsp3) is 0.429. The number of fused-ring (bicyclic) bond motifs is 6. The summed E-state index contributed by atoms with van der Waals surface area (Å²) >= 11 is 0. The second-order valence-corrected chi connectivity index (χ2v) is 5.14. The molecule has 4 rings (SSSR count). The van der Waals surface area contributed by atoms with Crippen LogP contribution in [0.15, 0.2) is 24.3 Å². The normalized spacial score (nSPS) is 28.0. The van der Waals surface area contributed by atoms with Crippen LogP contribution in [0.5, 0.6) is 0 Å². The second-order valence-electron chi connectivity index (χ2n) is 5.14. The van der Waals surface area contributed by atoms with Crippen LogP contribution in [0.2, 0.25) is 0 Å². The first kappa shape index (κ1) is 8.82. The fourth-order valence-electron chi connectivity index (χ4n) is 3.40. The highest BCUT2D eigenvalue weighted by Gasteiger charge is 2.30. The van der Waals surface area contributed by atoms with Gasteiger partial charge in [0.05, 0.1) is 0 Å². The summed E-state index contributed by atoms with van der Waals surface area (Å²) < 4.78 is 0. The molecule has 2 atom stereocenters. The molecule has 1 fully saturated rings. The molecule has 16 heavy (non-hydrogen) atoms. The summed E-state index contributed by atoms with van der Waals surface area (Å²) in [6.45, 7) is 3.70. The average Bonchev–Trinajstić information content (AvgIpc) is 2.69. The number of H-pyrrole nitrogens is 1. The number of para-hydroxylation sites is 1. The number of piperidine rings is 1. The van der Waals surface area contributed by atoms with Crippen LogP contribution in [0.3, 0.4) is 0 Å². The van der Waals surface area contributed by atoms with Gasteiger partial charge in [-0.1, -0.05) is 18.2 Å². The molecule has 0 spiro atoms. The molecule has 1 N–H and O–H groups in total. The van der Waals surface area contributed by atoms with Crippen molar-refractivity contribution in [1.82, 2.24) is 9.88 Å². The standard InChI is InChI=1S/C14H16N2/c1-2-6-13-11(5-1)12-9-16-7-3-4-10(8-16)14(12)15-13/h1-2,5-6,10,15H,3-4,7-9H2. The van der Waals surface area contributed by atoms with Gasteiger partial charge >= 0.3 is 0 Å². The smallest absolute Gasteiger partial charge is 0.0459 e. The van der Waals surface area contributed by atoms with Gasteiger partial charge in [-0.3, -0.25) is 4.90 Å². The maximum Gasteiger partial charge on any atom is 0.0459 e. The van der Waals surface area contributed by atoms with E-state index in [9.17, 15) is 0 Å². The summed E-state index contributed by atoms with van der Waals surface area (Å²) in [5.41, 5.74) is 4.41. The Morgan fingerprint density at radius 3 is 3.19 bits per heavy atom.